The van der Waals surface area contributed by atoms with Crippen LogP contribution in [0.15, 0.2) is 72.8 Å². The lowest BCUT2D eigenvalue weighted by Crippen LogP contribution is -2.01. The van der Waals surface area contributed by atoms with E-state index in [0.717, 1.165) is 16.9 Å². The van der Waals surface area contributed by atoms with Gasteiger partial charge in [-0.1, -0.05) is 54.7 Å². The van der Waals surface area contributed by atoms with Crippen molar-refractivity contribution in [2.45, 2.75) is 0 Å². The van der Waals surface area contributed by atoms with E-state index in [9.17, 15) is 4.39 Å². The summed E-state index contributed by atoms with van der Waals surface area (Å²) in [5, 5.41) is 0. The summed E-state index contributed by atoms with van der Waals surface area (Å²) < 4.78 is 19.6. The highest BCUT2D eigenvalue weighted by atomic mass is 32.1. The van der Waals surface area contributed by atoms with E-state index in [2.05, 4.69) is 0 Å². The minimum atomic E-state index is -0.274. The molecule has 0 unspecified atom stereocenters. The lowest BCUT2D eigenvalue weighted by atomic mass is 9.99. The van der Waals surface area contributed by atoms with Gasteiger partial charge in [-0.15, -0.1) is 0 Å². The lowest BCUT2D eigenvalue weighted by Gasteiger charge is -2.09. The molecule has 0 atom stereocenters. The molecule has 0 saturated carbocycles. The van der Waals surface area contributed by atoms with Gasteiger partial charge in [0, 0.05) is 5.56 Å². The molecule has 0 saturated heterocycles. The Morgan fingerprint density at radius 2 is 1.52 bits per heavy atom. The zero-order valence-corrected chi connectivity index (χ0v) is 13.4. The Kier molecular flexibility index (Phi) is 4.49. The molecule has 0 bridgehead atoms. The van der Waals surface area contributed by atoms with Crippen molar-refractivity contribution in [3.63, 3.8) is 0 Å². The van der Waals surface area contributed by atoms with E-state index < -0.39 is 0 Å². The van der Waals surface area contributed by atoms with Crippen LogP contribution in [-0.4, -0.2) is 12.0 Å². The number of methoxy groups -OCH3 is 1. The van der Waals surface area contributed by atoms with Gasteiger partial charge in [-0.2, -0.15) is 0 Å². The number of rotatable bonds is 4. The number of hydrogen-bond acceptors (Lipinski definition) is 2. The van der Waals surface area contributed by atoms with Crippen molar-refractivity contribution in [3.05, 3.63) is 89.7 Å². The Bertz CT molecular complexity index is 826. The molecule has 0 aliphatic rings. The molecule has 0 radical (unpaired) electrons. The van der Waals surface area contributed by atoms with Crippen molar-refractivity contribution in [2.24, 2.45) is 0 Å². The van der Waals surface area contributed by atoms with Crippen molar-refractivity contribution < 1.29 is 9.13 Å². The SMILES string of the molecule is COc1ccc(C(=S)c2ccc(-c3ccccc3)c(F)c2)cc1. The van der Waals surface area contributed by atoms with E-state index in [4.69, 9.17) is 17.0 Å². The predicted octanol–water partition coefficient (Wildman–Crippen LogP) is 5.27. The second kappa shape index (κ2) is 6.71. The standard InChI is InChI=1S/C20H15FOS/c1-22-17-10-7-15(8-11-17)20(23)16-9-12-18(19(21)13-16)14-5-3-2-4-6-14/h2-13H,1H3. The molecule has 23 heavy (non-hydrogen) atoms. The Hall–Kier alpha value is -2.52. The van der Waals surface area contributed by atoms with Crippen LogP contribution in [0.5, 0.6) is 5.75 Å². The molecular weight excluding hydrogens is 307 g/mol. The van der Waals surface area contributed by atoms with Crippen LogP contribution in [0.2, 0.25) is 0 Å². The van der Waals surface area contributed by atoms with Gasteiger partial charge in [-0.3, -0.25) is 0 Å². The fourth-order valence-electron chi connectivity index (χ4n) is 2.42. The summed E-state index contributed by atoms with van der Waals surface area (Å²) in [5.41, 5.74) is 2.99. The largest absolute Gasteiger partial charge is 0.497 e. The molecule has 0 aromatic heterocycles. The number of halogens is 1. The van der Waals surface area contributed by atoms with E-state index in [1.165, 1.54) is 6.07 Å². The van der Waals surface area contributed by atoms with Gasteiger partial charge in [-0.25, -0.2) is 4.39 Å². The van der Waals surface area contributed by atoms with Crippen molar-refractivity contribution in [1.29, 1.82) is 0 Å². The van der Waals surface area contributed by atoms with Crippen LogP contribution in [0.3, 0.4) is 0 Å². The summed E-state index contributed by atoms with van der Waals surface area (Å²) in [4.78, 5) is 0.617. The quantitative estimate of drug-likeness (QED) is 0.478. The fraction of sp³-hybridized carbons (Fsp3) is 0.0500. The maximum atomic E-state index is 14.5. The summed E-state index contributed by atoms with van der Waals surface area (Å²) >= 11 is 5.48. The molecule has 0 aliphatic carbocycles. The number of thiocarbonyl (C=S) groups is 1. The fourth-order valence-corrected chi connectivity index (χ4v) is 2.68. The molecule has 1 nitrogen and oxygen atoms in total. The first-order valence-electron chi connectivity index (χ1n) is 7.23. The summed E-state index contributed by atoms with van der Waals surface area (Å²) in [6.45, 7) is 0. The third-order valence-corrected chi connectivity index (χ3v) is 4.14. The van der Waals surface area contributed by atoms with Gasteiger partial charge in [0.1, 0.15) is 11.6 Å². The molecule has 0 aliphatic heterocycles. The summed E-state index contributed by atoms with van der Waals surface area (Å²) in [6, 6.07) is 22.0. The Morgan fingerprint density at radius 1 is 0.870 bits per heavy atom. The molecule has 0 heterocycles. The number of hydrogen-bond donors (Lipinski definition) is 0. The smallest absolute Gasteiger partial charge is 0.131 e. The highest BCUT2D eigenvalue weighted by Gasteiger charge is 2.10. The van der Waals surface area contributed by atoms with Crippen LogP contribution in [0.4, 0.5) is 4.39 Å². The molecule has 0 N–H and O–H groups in total. The zero-order chi connectivity index (χ0) is 16.2. The number of benzene rings is 3. The van der Waals surface area contributed by atoms with Crippen molar-refractivity contribution in [2.75, 3.05) is 7.11 Å². The van der Waals surface area contributed by atoms with Gasteiger partial charge in [0.15, 0.2) is 0 Å². The molecule has 3 aromatic rings. The van der Waals surface area contributed by atoms with Crippen LogP contribution in [-0.2, 0) is 0 Å². The van der Waals surface area contributed by atoms with Crippen LogP contribution in [0.25, 0.3) is 11.1 Å². The van der Waals surface area contributed by atoms with E-state index in [0.29, 0.717) is 16.0 Å². The topological polar surface area (TPSA) is 9.23 Å². The van der Waals surface area contributed by atoms with Crippen LogP contribution in [0, 0.1) is 5.82 Å². The van der Waals surface area contributed by atoms with Gasteiger partial charge in [0.25, 0.3) is 0 Å². The first kappa shape index (κ1) is 15.4. The van der Waals surface area contributed by atoms with Crippen LogP contribution < -0.4 is 4.74 Å². The van der Waals surface area contributed by atoms with Gasteiger partial charge in [-0.05, 0) is 47.0 Å². The second-order valence-corrected chi connectivity index (χ2v) is 5.53. The highest BCUT2D eigenvalue weighted by Crippen LogP contribution is 2.25. The Morgan fingerprint density at radius 3 is 2.13 bits per heavy atom. The number of ether oxygens (including phenoxy) is 1. The minimum absolute atomic E-state index is 0.274. The second-order valence-electron chi connectivity index (χ2n) is 5.12. The average Bonchev–Trinajstić information content (AvgIpc) is 2.62. The minimum Gasteiger partial charge on any atom is -0.497 e. The normalized spacial score (nSPS) is 10.3. The van der Waals surface area contributed by atoms with Gasteiger partial charge >= 0.3 is 0 Å². The predicted molar refractivity (Wildman–Crippen MR) is 95.6 cm³/mol. The van der Waals surface area contributed by atoms with E-state index >= 15 is 0 Å². The summed E-state index contributed by atoms with van der Waals surface area (Å²) in [5.74, 6) is 0.492. The molecule has 0 fully saturated rings. The van der Waals surface area contributed by atoms with Crippen molar-refractivity contribution >= 4 is 17.1 Å². The van der Waals surface area contributed by atoms with E-state index in [1.807, 2.05) is 60.7 Å². The van der Waals surface area contributed by atoms with Gasteiger partial charge in [0.2, 0.25) is 0 Å². The van der Waals surface area contributed by atoms with E-state index in [-0.39, 0.29) is 5.82 Å². The molecule has 3 rings (SSSR count). The van der Waals surface area contributed by atoms with Crippen molar-refractivity contribution in [3.8, 4) is 16.9 Å². The zero-order valence-electron chi connectivity index (χ0n) is 12.6. The Labute approximate surface area is 140 Å². The summed E-state index contributed by atoms with van der Waals surface area (Å²) in [7, 11) is 1.62. The highest BCUT2D eigenvalue weighted by molar-refractivity contribution is 7.81. The third kappa shape index (κ3) is 3.30. The third-order valence-electron chi connectivity index (χ3n) is 3.67. The monoisotopic (exact) mass is 322 g/mol. The molecule has 3 heteroatoms. The van der Waals surface area contributed by atoms with Gasteiger partial charge < -0.3 is 4.74 Å². The van der Waals surface area contributed by atoms with Gasteiger partial charge in [0.05, 0.1) is 12.0 Å². The molecule has 0 spiro atoms. The first-order chi connectivity index (χ1) is 11.2. The Balaban J connectivity index is 1.91. The summed E-state index contributed by atoms with van der Waals surface area (Å²) in [6.07, 6.45) is 0. The molecule has 3 aromatic carbocycles. The molecular formula is C20H15FOS. The molecule has 0 amide bonds. The molecule has 114 valence electrons. The first-order valence-corrected chi connectivity index (χ1v) is 7.63. The lowest BCUT2D eigenvalue weighted by molar-refractivity contribution is 0.415. The van der Waals surface area contributed by atoms with E-state index in [1.54, 1.807) is 13.2 Å². The van der Waals surface area contributed by atoms with Crippen molar-refractivity contribution in [1.82, 2.24) is 0 Å². The maximum absolute atomic E-state index is 14.5. The van der Waals surface area contributed by atoms with Crippen LogP contribution in [0.1, 0.15) is 11.1 Å². The maximum Gasteiger partial charge on any atom is 0.131 e. The average molecular weight is 322 g/mol. The van der Waals surface area contributed by atoms with Crippen LogP contribution >= 0.6 is 12.2 Å².